The molecule has 1 fully saturated rings. The minimum absolute atomic E-state index is 0.0559. The summed E-state index contributed by atoms with van der Waals surface area (Å²) in [6.45, 7) is 3.18. The summed E-state index contributed by atoms with van der Waals surface area (Å²) in [7, 11) is 0. The van der Waals surface area contributed by atoms with Gasteiger partial charge in [0, 0.05) is 31.3 Å². The van der Waals surface area contributed by atoms with Gasteiger partial charge < -0.3 is 15.2 Å². The van der Waals surface area contributed by atoms with Crippen molar-refractivity contribution < 1.29 is 14.6 Å². The summed E-state index contributed by atoms with van der Waals surface area (Å²) >= 11 is 0. The van der Waals surface area contributed by atoms with Crippen LogP contribution in [0.4, 0.5) is 4.79 Å². The molecule has 2 amide bonds. The normalized spacial score (nSPS) is 23.0. The number of aryl methyl sites for hydroxylation is 1. The molecule has 11 heteroatoms. The Kier molecular flexibility index (Phi) is 5.46. The van der Waals surface area contributed by atoms with Crippen LogP contribution in [0.3, 0.4) is 0 Å². The summed E-state index contributed by atoms with van der Waals surface area (Å²) in [6, 6.07) is -0.705. The summed E-state index contributed by atoms with van der Waals surface area (Å²) in [5.74, 6) is 0. The van der Waals surface area contributed by atoms with Crippen molar-refractivity contribution in [3.63, 3.8) is 0 Å². The molecule has 11 nitrogen and oxygen atoms in total. The SMILES string of the molecule is CCN(N=O)C(=O)NCC1OC(n2cc(C)c(=O)[nH]c2=O)CC1O. The lowest BCUT2D eigenvalue weighted by Crippen LogP contribution is -2.42. The first-order chi connectivity index (χ1) is 11.4. The number of nitrogens with zero attached hydrogens (tertiary/aromatic N) is 3. The van der Waals surface area contributed by atoms with Crippen LogP contribution in [-0.4, -0.2) is 51.0 Å². The number of hydrogen-bond acceptors (Lipinski definition) is 7. The number of aromatic nitrogens is 2. The van der Waals surface area contributed by atoms with Crippen LogP contribution in [-0.2, 0) is 4.74 Å². The van der Waals surface area contributed by atoms with Crippen LogP contribution in [0.2, 0.25) is 0 Å². The minimum atomic E-state index is -0.922. The van der Waals surface area contributed by atoms with E-state index in [1.165, 1.54) is 10.8 Å². The fourth-order valence-corrected chi connectivity index (χ4v) is 2.39. The fourth-order valence-electron chi connectivity index (χ4n) is 2.39. The second-order valence-electron chi connectivity index (χ2n) is 5.39. The molecule has 3 unspecified atom stereocenters. The maximum absolute atomic E-state index is 11.8. The van der Waals surface area contributed by atoms with Crippen molar-refractivity contribution in [2.24, 2.45) is 5.29 Å². The Morgan fingerprint density at radius 3 is 2.92 bits per heavy atom. The maximum atomic E-state index is 11.8. The topological polar surface area (TPSA) is 146 Å². The van der Waals surface area contributed by atoms with Gasteiger partial charge in [-0.05, 0) is 13.8 Å². The lowest BCUT2D eigenvalue weighted by Gasteiger charge is -2.18. The van der Waals surface area contributed by atoms with Gasteiger partial charge in [0.15, 0.2) is 0 Å². The van der Waals surface area contributed by atoms with Crippen LogP contribution < -0.4 is 16.6 Å². The molecular formula is C13H19N5O6. The highest BCUT2D eigenvalue weighted by Gasteiger charge is 2.36. The van der Waals surface area contributed by atoms with E-state index in [0.29, 0.717) is 10.6 Å². The van der Waals surface area contributed by atoms with Crippen molar-refractivity contribution in [2.75, 3.05) is 13.1 Å². The Labute approximate surface area is 136 Å². The number of H-pyrrole nitrogens is 1. The first kappa shape index (κ1) is 17.8. The van der Waals surface area contributed by atoms with Crippen molar-refractivity contribution >= 4 is 6.03 Å². The number of rotatable bonds is 5. The van der Waals surface area contributed by atoms with Gasteiger partial charge in [-0.1, -0.05) is 0 Å². The van der Waals surface area contributed by atoms with E-state index in [4.69, 9.17) is 4.74 Å². The maximum Gasteiger partial charge on any atom is 0.340 e. The number of aliphatic hydroxyl groups is 1. The van der Waals surface area contributed by atoms with E-state index in [1.54, 1.807) is 13.8 Å². The van der Waals surface area contributed by atoms with Crippen LogP contribution >= 0.6 is 0 Å². The van der Waals surface area contributed by atoms with Gasteiger partial charge in [0.05, 0.1) is 11.4 Å². The number of amides is 2. The molecule has 1 aromatic rings. The summed E-state index contributed by atoms with van der Waals surface area (Å²) in [5, 5.41) is 15.7. The zero-order valence-corrected chi connectivity index (χ0v) is 13.3. The number of carbonyl (C=O) groups is 1. The van der Waals surface area contributed by atoms with Crippen molar-refractivity contribution in [1.82, 2.24) is 19.9 Å². The summed E-state index contributed by atoms with van der Waals surface area (Å²) in [5.41, 5.74) is -0.797. The standard InChI is InChI=1S/C13H19N5O6/c1-3-18(16-23)12(21)14-5-9-8(19)4-10(24-9)17-6-7(2)11(20)15-13(17)22/h6,8-10,19H,3-5H2,1-2H3,(H,14,21)(H,15,20,22). The highest BCUT2D eigenvalue weighted by atomic mass is 16.5. The van der Waals surface area contributed by atoms with Crippen molar-refractivity contribution in [3.05, 3.63) is 37.5 Å². The third-order valence-corrected chi connectivity index (χ3v) is 3.75. The molecule has 2 heterocycles. The van der Waals surface area contributed by atoms with E-state index < -0.39 is 35.7 Å². The Balaban J connectivity index is 2.04. The molecule has 1 aliphatic heterocycles. The molecule has 0 saturated carbocycles. The molecule has 3 atom stereocenters. The number of nitrogens with one attached hydrogen (secondary N) is 2. The third-order valence-electron chi connectivity index (χ3n) is 3.75. The molecule has 0 radical (unpaired) electrons. The predicted octanol–water partition coefficient (Wildman–Crippen LogP) is -0.794. The largest absolute Gasteiger partial charge is 0.390 e. The number of ether oxygens (including phenoxy) is 1. The van der Waals surface area contributed by atoms with Gasteiger partial charge in [-0.3, -0.25) is 14.3 Å². The van der Waals surface area contributed by atoms with Crippen LogP contribution in [0, 0.1) is 11.8 Å². The molecule has 1 saturated heterocycles. The molecule has 1 aliphatic rings. The Morgan fingerprint density at radius 2 is 2.29 bits per heavy atom. The number of aliphatic hydroxyl groups excluding tert-OH is 1. The number of nitroso groups, excluding NO2 is 1. The van der Waals surface area contributed by atoms with E-state index >= 15 is 0 Å². The highest BCUT2D eigenvalue weighted by Crippen LogP contribution is 2.27. The molecular weight excluding hydrogens is 322 g/mol. The first-order valence-corrected chi connectivity index (χ1v) is 7.41. The summed E-state index contributed by atoms with van der Waals surface area (Å²) < 4.78 is 6.77. The van der Waals surface area contributed by atoms with Gasteiger partial charge in [-0.15, -0.1) is 4.91 Å². The van der Waals surface area contributed by atoms with Gasteiger partial charge in [0.2, 0.25) is 0 Å². The Morgan fingerprint density at radius 1 is 1.58 bits per heavy atom. The monoisotopic (exact) mass is 341 g/mol. The zero-order chi connectivity index (χ0) is 17.9. The molecule has 0 aliphatic carbocycles. The van der Waals surface area contributed by atoms with E-state index in [0.717, 1.165) is 0 Å². The summed E-state index contributed by atoms with van der Waals surface area (Å²) in [4.78, 5) is 47.5. The fraction of sp³-hybridized carbons (Fsp3) is 0.615. The van der Waals surface area contributed by atoms with Crippen molar-refractivity contribution in [3.8, 4) is 0 Å². The van der Waals surface area contributed by atoms with Crippen LogP contribution in [0.15, 0.2) is 21.1 Å². The van der Waals surface area contributed by atoms with Gasteiger partial charge >= 0.3 is 11.7 Å². The van der Waals surface area contributed by atoms with E-state index in [-0.39, 0.29) is 19.5 Å². The Bertz CT molecular complexity index is 728. The minimum Gasteiger partial charge on any atom is -0.390 e. The van der Waals surface area contributed by atoms with Gasteiger partial charge in [0.25, 0.3) is 5.56 Å². The predicted molar refractivity (Wildman–Crippen MR) is 82.2 cm³/mol. The zero-order valence-electron chi connectivity index (χ0n) is 13.3. The lowest BCUT2D eigenvalue weighted by atomic mass is 10.2. The Hall–Kier alpha value is -2.53. The molecule has 2 rings (SSSR count). The van der Waals surface area contributed by atoms with E-state index in [1.807, 2.05) is 0 Å². The first-order valence-electron chi connectivity index (χ1n) is 7.41. The van der Waals surface area contributed by atoms with Gasteiger partial charge in [0.1, 0.15) is 12.3 Å². The van der Waals surface area contributed by atoms with Crippen LogP contribution in [0.25, 0.3) is 0 Å². The number of urea groups is 1. The van der Waals surface area contributed by atoms with Crippen LogP contribution in [0.1, 0.15) is 25.1 Å². The molecule has 3 N–H and O–H groups in total. The van der Waals surface area contributed by atoms with Crippen molar-refractivity contribution in [2.45, 2.75) is 38.7 Å². The number of carbonyl (C=O) groups excluding carboxylic acids is 1. The second-order valence-corrected chi connectivity index (χ2v) is 5.39. The molecule has 24 heavy (non-hydrogen) atoms. The second kappa shape index (κ2) is 7.36. The molecule has 1 aromatic heterocycles. The van der Waals surface area contributed by atoms with Crippen molar-refractivity contribution in [1.29, 1.82) is 0 Å². The third kappa shape index (κ3) is 3.68. The number of aromatic amines is 1. The van der Waals surface area contributed by atoms with Gasteiger partial charge in [-0.25, -0.2) is 9.59 Å². The lowest BCUT2D eigenvalue weighted by molar-refractivity contribution is -0.0184. The average molecular weight is 341 g/mol. The van der Waals surface area contributed by atoms with E-state index in [9.17, 15) is 24.4 Å². The van der Waals surface area contributed by atoms with Gasteiger partial charge in [-0.2, -0.15) is 5.01 Å². The summed E-state index contributed by atoms with van der Waals surface area (Å²) in [6.07, 6.45) is -0.974. The number of hydrogen-bond donors (Lipinski definition) is 3. The molecule has 0 bridgehead atoms. The van der Waals surface area contributed by atoms with Crippen LogP contribution in [0.5, 0.6) is 0 Å². The molecule has 132 valence electrons. The molecule has 0 aromatic carbocycles. The highest BCUT2D eigenvalue weighted by molar-refractivity contribution is 5.73. The quantitative estimate of drug-likeness (QED) is 0.472. The average Bonchev–Trinajstić information content (AvgIpc) is 2.91. The molecule has 0 spiro atoms. The van der Waals surface area contributed by atoms with E-state index in [2.05, 4.69) is 15.6 Å². The smallest absolute Gasteiger partial charge is 0.340 e.